The summed E-state index contributed by atoms with van der Waals surface area (Å²) in [6.45, 7) is 2.45. The van der Waals surface area contributed by atoms with Crippen LogP contribution in [0.4, 0.5) is 0 Å². The van der Waals surface area contributed by atoms with Gasteiger partial charge in [-0.3, -0.25) is 9.59 Å². The van der Waals surface area contributed by atoms with Crippen molar-refractivity contribution in [2.45, 2.75) is 32.2 Å². The highest BCUT2D eigenvalue weighted by molar-refractivity contribution is 5.81. The maximum absolute atomic E-state index is 12.1. The predicted molar refractivity (Wildman–Crippen MR) is 96.5 cm³/mol. The average molecular weight is 356 g/mol. The van der Waals surface area contributed by atoms with Gasteiger partial charge in [-0.25, -0.2) is 4.98 Å². The fourth-order valence-corrected chi connectivity index (χ4v) is 3.55. The fourth-order valence-electron chi connectivity index (χ4n) is 3.55. The minimum absolute atomic E-state index is 0.120. The lowest BCUT2D eigenvalue weighted by Crippen LogP contribution is -2.40. The molecule has 0 unspecified atom stereocenters. The number of primary amides is 1. The maximum Gasteiger partial charge on any atom is 0.237 e. The lowest BCUT2D eigenvalue weighted by atomic mass is 9.97. The van der Waals surface area contributed by atoms with E-state index in [1.54, 1.807) is 17.0 Å². The molecule has 7 nitrogen and oxygen atoms in total. The molecule has 1 aliphatic heterocycles. The van der Waals surface area contributed by atoms with Crippen LogP contribution in [-0.4, -0.2) is 46.0 Å². The van der Waals surface area contributed by atoms with Gasteiger partial charge in [0.25, 0.3) is 0 Å². The van der Waals surface area contributed by atoms with Gasteiger partial charge in [0.2, 0.25) is 11.8 Å². The van der Waals surface area contributed by atoms with Crippen molar-refractivity contribution >= 4 is 22.8 Å². The zero-order valence-corrected chi connectivity index (χ0v) is 14.8. The number of rotatable bonds is 6. The Labute approximate surface area is 152 Å². The second-order valence-corrected chi connectivity index (χ2v) is 7.35. The largest absolute Gasteiger partial charge is 0.492 e. The number of pyridine rings is 1. The second kappa shape index (κ2) is 6.97. The van der Waals surface area contributed by atoms with Crippen molar-refractivity contribution in [3.63, 3.8) is 0 Å². The van der Waals surface area contributed by atoms with Gasteiger partial charge in [0.1, 0.15) is 17.9 Å². The number of amides is 2. The Balaban J connectivity index is 1.30. The summed E-state index contributed by atoms with van der Waals surface area (Å²) < 4.78 is 7.66. The number of fused-ring (bicyclic) bond motifs is 1. The second-order valence-electron chi connectivity index (χ2n) is 7.35. The Bertz CT molecular complexity index is 819. The molecule has 3 heterocycles. The Kier molecular flexibility index (Phi) is 4.53. The van der Waals surface area contributed by atoms with E-state index in [0.717, 1.165) is 55.6 Å². The first kappa shape index (κ1) is 16.9. The van der Waals surface area contributed by atoms with Crippen LogP contribution in [-0.2, 0) is 16.1 Å². The van der Waals surface area contributed by atoms with E-state index < -0.39 is 5.91 Å². The summed E-state index contributed by atoms with van der Waals surface area (Å²) in [5.41, 5.74) is 5.97. The summed E-state index contributed by atoms with van der Waals surface area (Å²) in [5, 5.41) is 0.925. The minimum Gasteiger partial charge on any atom is -0.492 e. The monoisotopic (exact) mass is 356 g/mol. The third-order valence-corrected chi connectivity index (χ3v) is 5.24. The number of hydrogen-bond acceptors (Lipinski definition) is 4. The molecule has 2 aromatic rings. The van der Waals surface area contributed by atoms with Crippen molar-refractivity contribution in [1.29, 1.82) is 0 Å². The van der Waals surface area contributed by atoms with Crippen LogP contribution < -0.4 is 10.5 Å². The van der Waals surface area contributed by atoms with Crippen LogP contribution in [0.1, 0.15) is 25.7 Å². The van der Waals surface area contributed by atoms with Crippen LogP contribution in [0.5, 0.6) is 5.75 Å². The Morgan fingerprint density at radius 2 is 2.00 bits per heavy atom. The molecule has 26 heavy (non-hydrogen) atoms. The van der Waals surface area contributed by atoms with Crippen molar-refractivity contribution < 1.29 is 14.3 Å². The number of hydrogen-bond donors (Lipinski definition) is 1. The maximum atomic E-state index is 12.1. The van der Waals surface area contributed by atoms with Crippen LogP contribution in [0.3, 0.4) is 0 Å². The third kappa shape index (κ3) is 3.66. The van der Waals surface area contributed by atoms with Gasteiger partial charge in [0.15, 0.2) is 0 Å². The van der Waals surface area contributed by atoms with Gasteiger partial charge in [-0.1, -0.05) is 0 Å². The van der Waals surface area contributed by atoms with E-state index in [1.165, 1.54) is 0 Å². The smallest absolute Gasteiger partial charge is 0.237 e. The molecular formula is C19H24N4O3. The fraction of sp³-hybridized carbons (Fsp3) is 0.526. The molecule has 2 aliphatic rings. The average Bonchev–Trinajstić information content (AvgIpc) is 3.42. The molecule has 2 N–H and O–H groups in total. The molecule has 138 valence electrons. The van der Waals surface area contributed by atoms with Gasteiger partial charge < -0.3 is 19.9 Å². The normalized spacial score (nSPS) is 18.2. The number of piperidine rings is 1. The molecule has 0 spiro atoms. The van der Waals surface area contributed by atoms with E-state index in [9.17, 15) is 9.59 Å². The molecule has 1 aliphatic carbocycles. The van der Waals surface area contributed by atoms with E-state index in [1.807, 2.05) is 17.0 Å². The molecule has 4 rings (SSSR count). The minimum atomic E-state index is -0.392. The first-order valence-corrected chi connectivity index (χ1v) is 9.25. The van der Waals surface area contributed by atoms with Gasteiger partial charge >= 0.3 is 0 Å². The van der Waals surface area contributed by atoms with Crippen molar-refractivity contribution in [1.82, 2.24) is 14.5 Å². The van der Waals surface area contributed by atoms with E-state index in [2.05, 4.69) is 4.98 Å². The highest BCUT2D eigenvalue weighted by atomic mass is 16.5. The molecule has 0 bridgehead atoms. The molecule has 1 saturated heterocycles. The Hall–Kier alpha value is -2.57. The van der Waals surface area contributed by atoms with E-state index >= 15 is 0 Å². The Morgan fingerprint density at radius 3 is 2.69 bits per heavy atom. The molecular weight excluding hydrogens is 332 g/mol. The summed E-state index contributed by atoms with van der Waals surface area (Å²) in [6, 6.07) is 3.84. The van der Waals surface area contributed by atoms with Crippen LogP contribution in [0.15, 0.2) is 24.5 Å². The number of aromatic nitrogens is 2. The number of carbonyl (C=O) groups excluding carboxylic acids is 2. The highest BCUT2D eigenvalue weighted by Gasteiger charge is 2.34. The number of ether oxygens (including phenoxy) is 1. The van der Waals surface area contributed by atoms with Gasteiger partial charge in [0.05, 0.1) is 12.8 Å². The van der Waals surface area contributed by atoms with Crippen LogP contribution in [0.25, 0.3) is 11.0 Å². The quantitative estimate of drug-likeness (QED) is 0.850. The van der Waals surface area contributed by atoms with Crippen LogP contribution >= 0.6 is 0 Å². The predicted octanol–water partition coefficient (Wildman–Crippen LogP) is 1.55. The van der Waals surface area contributed by atoms with E-state index in [-0.39, 0.29) is 6.54 Å². The first-order valence-electron chi connectivity index (χ1n) is 9.25. The van der Waals surface area contributed by atoms with Crippen molar-refractivity contribution in [2.24, 2.45) is 17.6 Å². The SMILES string of the molecule is NC(=O)Cn1ccc2cc(OCC3CCN(C(=O)C4CC4)CC3)cnc21. The zero-order valence-electron chi connectivity index (χ0n) is 14.8. The molecule has 0 aromatic carbocycles. The van der Waals surface area contributed by atoms with Gasteiger partial charge in [-0.2, -0.15) is 0 Å². The van der Waals surface area contributed by atoms with Gasteiger partial charge in [-0.15, -0.1) is 0 Å². The number of likely N-dealkylation sites (tertiary alicyclic amines) is 1. The van der Waals surface area contributed by atoms with Crippen molar-refractivity contribution in [3.8, 4) is 5.75 Å². The van der Waals surface area contributed by atoms with Gasteiger partial charge in [0, 0.05) is 30.6 Å². The molecule has 2 fully saturated rings. The molecule has 0 atom stereocenters. The third-order valence-electron chi connectivity index (χ3n) is 5.24. The van der Waals surface area contributed by atoms with E-state index in [0.29, 0.717) is 24.3 Å². The van der Waals surface area contributed by atoms with Crippen LogP contribution in [0, 0.1) is 11.8 Å². The van der Waals surface area contributed by atoms with Gasteiger partial charge in [-0.05, 0) is 43.7 Å². The van der Waals surface area contributed by atoms with E-state index in [4.69, 9.17) is 10.5 Å². The molecule has 2 amide bonds. The standard InChI is InChI=1S/C19H24N4O3/c20-17(24)11-23-8-5-15-9-16(10-21-18(15)23)26-12-13-3-6-22(7-4-13)19(25)14-1-2-14/h5,8-10,13-14H,1-4,6-7,11-12H2,(H2,20,24). The highest BCUT2D eigenvalue weighted by Crippen LogP contribution is 2.32. The van der Waals surface area contributed by atoms with Crippen molar-refractivity contribution in [2.75, 3.05) is 19.7 Å². The number of nitrogens with zero attached hydrogens (tertiary/aromatic N) is 3. The lowest BCUT2D eigenvalue weighted by molar-refractivity contribution is -0.134. The lowest BCUT2D eigenvalue weighted by Gasteiger charge is -2.32. The summed E-state index contributed by atoms with van der Waals surface area (Å²) in [4.78, 5) is 29.6. The summed E-state index contributed by atoms with van der Waals surface area (Å²) in [6.07, 6.45) is 7.60. The number of nitrogens with two attached hydrogens (primary N) is 1. The molecule has 1 saturated carbocycles. The zero-order chi connectivity index (χ0) is 18.1. The molecule has 2 aromatic heterocycles. The first-order chi connectivity index (χ1) is 12.6. The Morgan fingerprint density at radius 1 is 1.23 bits per heavy atom. The number of carbonyl (C=O) groups is 2. The summed E-state index contributed by atoms with van der Waals surface area (Å²) in [7, 11) is 0. The summed E-state index contributed by atoms with van der Waals surface area (Å²) in [5.74, 6) is 1.46. The molecule has 7 heteroatoms. The molecule has 0 radical (unpaired) electrons. The topological polar surface area (TPSA) is 90.5 Å². The van der Waals surface area contributed by atoms with Crippen molar-refractivity contribution in [3.05, 3.63) is 24.5 Å². The summed E-state index contributed by atoms with van der Waals surface area (Å²) >= 11 is 0. The van der Waals surface area contributed by atoms with Crippen LogP contribution in [0.2, 0.25) is 0 Å².